The van der Waals surface area contributed by atoms with Gasteiger partial charge in [-0.2, -0.15) is 0 Å². The van der Waals surface area contributed by atoms with Crippen molar-refractivity contribution in [3.8, 4) is 0 Å². The van der Waals surface area contributed by atoms with Crippen molar-refractivity contribution in [2.75, 3.05) is 4.90 Å². The van der Waals surface area contributed by atoms with Crippen LogP contribution in [0.2, 0.25) is 0 Å². The van der Waals surface area contributed by atoms with Gasteiger partial charge in [0.2, 0.25) is 0 Å². The number of imide groups is 2. The van der Waals surface area contributed by atoms with Gasteiger partial charge in [-0.25, -0.2) is 14.1 Å². The molecule has 2 heterocycles. The first-order valence-corrected chi connectivity index (χ1v) is 10.7. The summed E-state index contributed by atoms with van der Waals surface area (Å²) in [4.78, 5) is 39.5. The highest BCUT2D eigenvalue weighted by molar-refractivity contribution is 6.39. The van der Waals surface area contributed by atoms with Crippen molar-refractivity contribution in [3.05, 3.63) is 107 Å². The maximum atomic E-state index is 13.3. The SMILES string of the molecule is Cc1ccccc1N1C(=O)NC(=O)/C(=C\c2cn(Cc3ccc(F)cc3)c3ccccc23)C1=O. The van der Waals surface area contributed by atoms with Gasteiger partial charge in [0, 0.05) is 29.2 Å². The van der Waals surface area contributed by atoms with Crippen LogP contribution in [0.15, 0.2) is 84.6 Å². The van der Waals surface area contributed by atoms with E-state index in [0.717, 1.165) is 26.9 Å². The first-order chi connectivity index (χ1) is 16.4. The number of carbonyl (C=O) groups is 3. The number of hydrogen-bond donors (Lipinski definition) is 1. The lowest BCUT2D eigenvalue weighted by Crippen LogP contribution is -2.54. The van der Waals surface area contributed by atoms with E-state index in [2.05, 4.69) is 5.32 Å². The summed E-state index contributed by atoms with van der Waals surface area (Å²) in [6, 6.07) is 20.1. The second kappa shape index (κ2) is 8.44. The fraction of sp³-hybridized carbons (Fsp3) is 0.0741. The highest BCUT2D eigenvalue weighted by Crippen LogP contribution is 2.28. The highest BCUT2D eigenvalue weighted by atomic mass is 19.1. The second-order valence-electron chi connectivity index (χ2n) is 8.10. The molecule has 0 spiro atoms. The molecule has 6 nitrogen and oxygen atoms in total. The third kappa shape index (κ3) is 3.77. The summed E-state index contributed by atoms with van der Waals surface area (Å²) < 4.78 is 15.3. The van der Waals surface area contributed by atoms with Crippen molar-refractivity contribution >= 4 is 40.5 Å². The Balaban J connectivity index is 1.57. The number of nitrogens with one attached hydrogen (secondary N) is 1. The molecular weight excluding hydrogens is 433 g/mol. The number of para-hydroxylation sites is 2. The van der Waals surface area contributed by atoms with Crippen LogP contribution in [0.5, 0.6) is 0 Å². The molecular formula is C27H20FN3O3. The number of anilines is 1. The molecule has 0 unspecified atom stereocenters. The van der Waals surface area contributed by atoms with E-state index >= 15 is 0 Å². The summed E-state index contributed by atoms with van der Waals surface area (Å²) in [5.41, 5.74) is 3.49. The molecule has 0 aliphatic carbocycles. The summed E-state index contributed by atoms with van der Waals surface area (Å²) in [5, 5.41) is 3.12. The maximum absolute atomic E-state index is 13.3. The van der Waals surface area contributed by atoms with E-state index in [1.54, 1.807) is 37.3 Å². The molecule has 1 saturated heterocycles. The molecule has 1 aliphatic heterocycles. The number of halogens is 1. The Morgan fingerprint density at radius 3 is 2.38 bits per heavy atom. The summed E-state index contributed by atoms with van der Waals surface area (Å²) in [6.07, 6.45) is 3.36. The number of carbonyl (C=O) groups excluding carboxylic acids is 3. The zero-order chi connectivity index (χ0) is 23.8. The molecule has 0 bridgehead atoms. The third-order valence-corrected chi connectivity index (χ3v) is 5.84. The molecule has 3 aromatic carbocycles. The van der Waals surface area contributed by atoms with Crippen LogP contribution in [0, 0.1) is 12.7 Å². The molecule has 0 atom stereocenters. The largest absolute Gasteiger partial charge is 0.342 e. The number of aryl methyl sites for hydroxylation is 1. The van der Waals surface area contributed by atoms with Crippen LogP contribution in [0.4, 0.5) is 14.9 Å². The Morgan fingerprint density at radius 2 is 1.62 bits per heavy atom. The lowest BCUT2D eigenvalue weighted by molar-refractivity contribution is -0.122. The number of nitrogens with zero attached hydrogens (tertiary/aromatic N) is 2. The summed E-state index contributed by atoms with van der Waals surface area (Å²) in [5.74, 6) is -1.73. The molecule has 0 saturated carbocycles. The zero-order valence-corrected chi connectivity index (χ0v) is 18.3. The lowest BCUT2D eigenvalue weighted by Gasteiger charge is -2.27. The monoisotopic (exact) mass is 453 g/mol. The topological polar surface area (TPSA) is 71.4 Å². The average molecular weight is 453 g/mol. The number of rotatable bonds is 4. The quantitative estimate of drug-likeness (QED) is 0.356. The number of barbiturate groups is 1. The number of benzene rings is 3. The van der Waals surface area contributed by atoms with Crippen molar-refractivity contribution < 1.29 is 18.8 Å². The van der Waals surface area contributed by atoms with Gasteiger partial charge >= 0.3 is 6.03 Å². The summed E-state index contributed by atoms with van der Waals surface area (Å²) in [7, 11) is 0. The van der Waals surface area contributed by atoms with Gasteiger partial charge < -0.3 is 4.57 Å². The Bertz CT molecular complexity index is 1480. The molecule has 168 valence electrons. The van der Waals surface area contributed by atoms with E-state index in [1.165, 1.54) is 18.2 Å². The Labute approximate surface area is 194 Å². The summed E-state index contributed by atoms with van der Waals surface area (Å²) >= 11 is 0. The van der Waals surface area contributed by atoms with Crippen LogP contribution in [-0.2, 0) is 16.1 Å². The minimum Gasteiger partial charge on any atom is -0.342 e. The maximum Gasteiger partial charge on any atom is 0.335 e. The molecule has 5 rings (SSSR count). The van der Waals surface area contributed by atoms with Crippen molar-refractivity contribution in [2.45, 2.75) is 13.5 Å². The van der Waals surface area contributed by atoms with Crippen LogP contribution in [0.25, 0.3) is 17.0 Å². The van der Waals surface area contributed by atoms with Gasteiger partial charge in [-0.3, -0.25) is 14.9 Å². The minimum atomic E-state index is -0.778. The molecule has 1 fully saturated rings. The van der Waals surface area contributed by atoms with Crippen LogP contribution in [0.3, 0.4) is 0 Å². The average Bonchev–Trinajstić information content (AvgIpc) is 3.16. The molecule has 0 radical (unpaired) electrons. The van der Waals surface area contributed by atoms with Crippen LogP contribution >= 0.6 is 0 Å². The van der Waals surface area contributed by atoms with Gasteiger partial charge in [-0.1, -0.05) is 48.5 Å². The molecule has 4 aromatic rings. The molecule has 4 amide bonds. The van der Waals surface area contributed by atoms with Gasteiger partial charge in [-0.15, -0.1) is 0 Å². The van der Waals surface area contributed by atoms with Gasteiger partial charge in [0.15, 0.2) is 0 Å². The third-order valence-electron chi connectivity index (χ3n) is 5.84. The molecule has 34 heavy (non-hydrogen) atoms. The predicted octanol–water partition coefficient (Wildman–Crippen LogP) is 4.80. The first kappa shape index (κ1) is 21.3. The van der Waals surface area contributed by atoms with Gasteiger partial charge in [-0.05, 0) is 48.4 Å². The highest BCUT2D eigenvalue weighted by Gasteiger charge is 2.37. The van der Waals surface area contributed by atoms with Crippen molar-refractivity contribution in [3.63, 3.8) is 0 Å². The van der Waals surface area contributed by atoms with Crippen LogP contribution in [0.1, 0.15) is 16.7 Å². The van der Waals surface area contributed by atoms with Gasteiger partial charge in [0.05, 0.1) is 5.69 Å². The molecule has 1 aliphatic rings. The number of fused-ring (bicyclic) bond motifs is 1. The number of amides is 4. The van der Waals surface area contributed by atoms with E-state index in [1.807, 2.05) is 41.1 Å². The number of aromatic nitrogens is 1. The standard InChI is InChI=1S/C27H20FN3O3/c1-17-6-2-4-8-23(17)31-26(33)22(25(32)29-27(31)34)14-19-16-30(24-9-5-3-7-21(19)24)15-18-10-12-20(28)13-11-18/h2-14,16H,15H2,1H3,(H,29,32,34)/b22-14+. The Hall–Kier alpha value is -4.52. The van der Waals surface area contributed by atoms with E-state index in [9.17, 15) is 18.8 Å². The van der Waals surface area contributed by atoms with Crippen molar-refractivity contribution in [2.24, 2.45) is 0 Å². The molecule has 1 N–H and O–H groups in total. The van der Waals surface area contributed by atoms with Crippen LogP contribution < -0.4 is 10.2 Å². The van der Waals surface area contributed by atoms with Crippen molar-refractivity contribution in [1.82, 2.24) is 9.88 Å². The number of urea groups is 1. The van der Waals surface area contributed by atoms with E-state index < -0.39 is 17.8 Å². The normalized spacial score (nSPS) is 15.3. The summed E-state index contributed by atoms with van der Waals surface area (Å²) in [6.45, 7) is 2.27. The fourth-order valence-corrected chi connectivity index (χ4v) is 4.15. The lowest BCUT2D eigenvalue weighted by atomic mass is 10.1. The van der Waals surface area contributed by atoms with E-state index in [4.69, 9.17) is 0 Å². The Kier molecular flexibility index (Phi) is 5.30. The second-order valence-corrected chi connectivity index (χ2v) is 8.10. The zero-order valence-electron chi connectivity index (χ0n) is 18.3. The fourth-order valence-electron chi connectivity index (χ4n) is 4.15. The van der Waals surface area contributed by atoms with E-state index in [-0.39, 0.29) is 11.4 Å². The van der Waals surface area contributed by atoms with Crippen LogP contribution in [-0.4, -0.2) is 22.4 Å². The Morgan fingerprint density at radius 1 is 0.912 bits per heavy atom. The molecule has 1 aromatic heterocycles. The number of hydrogen-bond acceptors (Lipinski definition) is 3. The van der Waals surface area contributed by atoms with Gasteiger partial charge in [0.1, 0.15) is 11.4 Å². The van der Waals surface area contributed by atoms with E-state index in [0.29, 0.717) is 17.8 Å². The predicted molar refractivity (Wildman–Crippen MR) is 128 cm³/mol. The first-order valence-electron chi connectivity index (χ1n) is 10.7. The smallest absolute Gasteiger partial charge is 0.335 e. The molecule has 7 heteroatoms. The van der Waals surface area contributed by atoms with Crippen molar-refractivity contribution in [1.29, 1.82) is 0 Å². The van der Waals surface area contributed by atoms with Gasteiger partial charge in [0.25, 0.3) is 11.8 Å². The minimum absolute atomic E-state index is 0.132.